The molecule has 0 saturated carbocycles. The molecule has 5 nitrogen and oxygen atoms in total. The molecule has 2 N–H and O–H groups in total. The number of benzene rings is 2. The van der Waals surface area contributed by atoms with E-state index in [9.17, 15) is 13.2 Å². The van der Waals surface area contributed by atoms with Crippen molar-refractivity contribution < 1.29 is 13.2 Å². The topological polar surface area (TPSA) is 75.3 Å². The minimum Gasteiger partial charge on any atom is -0.350 e. The predicted molar refractivity (Wildman–Crippen MR) is 95.6 cm³/mol. The third kappa shape index (κ3) is 4.58. The lowest BCUT2D eigenvalue weighted by atomic mass is 10.2. The highest BCUT2D eigenvalue weighted by molar-refractivity contribution is 7.92. The second kappa shape index (κ2) is 7.49. The summed E-state index contributed by atoms with van der Waals surface area (Å²) in [6.45, 7) is 5.76. The van der Waals surface area contributed by atoms with E-state index in [-0.39, 0.29) is 16.8 Å². The molecule has 24 heavy (non-hydrogen) atoms. The van der Waals surface area contributed by atoms with Gasteiger partial charge in [0, 0.05) is 17.3 Å². The van der Waals surface area contributed by atoms with Gasteiger partial charge in [0.2, 0.25) is 0 Å². The van der Waals surface area contributed by atoms with Gasteiger partial charge in [0.05, 0.1) is 4.90 Å². The molecule has 0 fully saturated rings. The summed E-state index contributed by atoms with van der Waals surface area (Å²) < 4.78 is 27.6. The van der Waals surface area contributed by atoms with Crippen molar-refractivity contribution in [3.8, 4) is 0 Å². The van der Waals surface area contributed by atoms with Gasteiger partial charge in [-0.05, 0) is 56.2 Å². The Morgan fingerprint density at radius 3 is 2.50 bits per heavy atom. The van der Waals surface area contributed by atoms with Gasteiger partial charge >= 0.3 is 0 Å². The zero-order valence-electron chi connectivity index (χ0n) is 14.0. The van der Waals surface area contributed by atoms with Gasteiger partial charge < -0.3 is 5.32 Å². The van der Waals surface area contributed by atoms with E-state index >= 15 is 0 Å². The van der Waals surface area contributed by atoms with Gasteiger partial charge in [-0.25, -0.2) is 8.42 Å². The Hall–Kier alpha value is -2.34. The van der Waals surface area contributed by atoms with Crippen LogP contribution in [0.2, 0.25) is 0 Å². The number of sulfonamides is 1. The molecule has 0 aromatic heterocycles. The summed E-state index contributed by atoms with van der Waals surface area (Å²) in [5, 5.41) is 2.83. The second-order valence-electron chi connectivity index (χ2n) is 5.79. The fourth-order valence-corrected chi connectivity index (χ4v) is 3.23. The van der Waals surface area contributed by atoms with Crippen LogP contribution in [-0.4, -0.2) is 20.4 Å². The van der Waals surface area contributed by atoms with Crippen molar-refractivity contribution in [2.24, 2.45) is 0 Å². The number of nitrogens with one attached hydrogen (secondary N) is 2. The average Bonchev–Trinajstić information content (AvgIpc) is 2.54. The number of carbonyl (C=O) groups is 1. The number of aryl methyl sites for hydroxylation is 1. The predicted octanol–water partition coefficient (Wildman–Crippen LogP) is 3.32. The number of rotatable bonds is 6. The molecule has 2 aromatic rings. The highest BCUT2D eigenvalue weighted by atomic mass is 32.2. The second-order valence-corrected chi connectivity index (χ2v) is 7.47. The molecule has 0 aliphatic rings. The number of hydrogen-bond donors (Lipinski definition) is 2. The Morgan fingerprint density at radius 1 is 1.12 bits per heavy atom. The summed E-state index contributed by atoms with van der Waals surface area (Å²) in [4.78, 5) is 12.2. The molecule has 0 spiro atoms. The fraction of sp³-hybridized carbons (Fsp3) is 0.278. The first-order valence-electron chi connectivity index (χ1n) is 7.82. The van der Waals surface area contributed by atoms with Crippen LogP contribution in [0.1, 0.15) is 36.2 Å². The van der Waals surface area contributed by atoms with E-state index < -0.39 is 10.0 Å². The van der Waals surface area contributed by atoms with Crippen LogP contribution in [0.25, 0.3) is 0 Å². The van der Waals surface area contributed by atoms with Crippen molar-refractivity contribution in [2.45, 2.75) is 38.1 Å². The largest absolute Gasteiger partial charge is 0.350 e. The molecule has 1 amide bonds. The monoisotopic (exact) mass is 346 g/mol. The third-order valence-corrected chi connectivity index (χ3v) is 5.05. The standard InChI is InChI=1S/C18H22N2O3S/c1-4-14(3)19-18(21)15-8-6-10-17(12-15)24(22,23)20-16-9-5-7-13(2)11-16/h5-12,14,20H,4H2,1-3H3,(H,19,21). The number of amides is 1. The highest BCUT2D eigenvalue weighted by Crippen LogP contribution is 2.18. The van der Waals surface area contributed by atoms with Gasteiger partial charge in [0.1, 0.15) is 0 Å². The van der Waals surface area contributed by atoms with Gasteiger partial charge in [-0.15, -0.1) is 0 Å². The molecule has 0 bridgehead atoms. The maximum absolute atomic E-state index is 12.5. The summed E-state index contributed by atoms with van der Waals surface area (Å²) in [6.07, 6.45) is 0.804. The number of anilines is 1. The lowest BCUT2D eigenvalue weighted by Gasteiger charge is -2.13. The van der Waals surface area contributed by atoms with Crippen LogP contribution in [0.4, 0.5) is 5.69 Å². The number of carbonyl (C=O) groups excluding carboxylic acids is 1. The van der Waals surface area contributed by atoms with Crippen LogP contribution in [0, 0.1) is 6.92 Å². The first-order chi connectivity index (χ1) is 11.3. The number of hydrogen-bond acceptors (Lipinski definition) is 3. The van der Waals surface area contributed by atoms with E-state index in [4.69, 9.17) is 0 Å². The van der Waals surface area contributed by atoms with E-state index in [2.05, 4.69) is 10.0 Å². The van der Waals surface area contributed by atoms with Gasteiger partial charge in [0.15, 0.2) is 0 Å². The Kier molecular flexibility index (Phi) is 5.62. The van der Waals surface area contributed by atoms with Crippen molar-refractivity contribution in [3.05, 3.63) is 59.7 Å². The molecule has 0 heterocycles. The SMILES string of the molecule is CCC(C)NC(=O)c1cccc(S(=O)(=O)Nc2cccc(C)c2)c1. The summed E-state index contributed by atoms with van der Waals surface area (Å²) >= 11 is 0. The smallest absolute Gasteiger partial charge is 0.261 e. The van der Waals surface area contributed by atoms with E-state index in [1.807, 2.05) is 26.8 Å². The van der Waals surface area contributed by atoms with Gasteiger partial charge in [-0.3, -0.25) is 9.52 Å². The van der Waals surface area contributed by atoms with E-state index in [1.54, 1.807) is 30.3 Å². The minimum atomic E-state index is -3.75. The fourth-order valence-electron chi connectivity index (χ4n) is 2.14. The zero-order valence-corrected chi connectivity index (χ0v) is 14.9. The Bertz CT molecular complexity index is 832. The van der Waals surface area contributed by atoms with Crippen LogP contribution >= 0.6 is 0 Å². The molecular weight excluding hydrogens is 324 g/mol. The molecular formula is C18H22N2O3S. The maximum atomic E-state index is 12.5. The van der Waals surface area contributed by atoms with Gasteiger partial charge in [0.25, 0.3) is 15.9 Å². The molecule has 1 unspecified atom stereocenters. The minimum absolute atomic E-state index is 0.0307. The van der Waals surface area contributed by atoms with Crippen molar-refractivity contribution in [2.75, 3.05) is 4.72 Å². The molecule has 0 aliphatic heterocycles. The molecule has 2 rings (SSSR count). The summed E-state index contributed by atoms with van der Waals surface area (Å²) in [6, 6.07) is 13.2. The first-order valence-corrected chi connectivity index (χ1v) is 9.30. The zero-order chi connectivity index (χ0) is 17.7. The molecule has 0 aliphatic carbocycles. The van der Waals surface area contributed by atoms with Crippen LogP contribution in [0.5, 0.6) is 0 Å². The molecule has 2 aromatic carbocycles. The normalized spacial score (nSPS) is 12.5. The summed E-state index contributed by atoms with van der Waals surface area (Å²) in [7, 11) is -3.75. The van der Waals surface area contributed by atoms with Gasteiger partial charge in [-0.1, -0.05) is 25.1 Å². The van der Waals surface area contributed by atoms with Crippen LogP contribution < -0.4 is 10.0 Å². The Morgan fingerprint density at radius 2 is 1.83 bits per heavy atom. The highest BCUT2D eigenvalue weighted by Gasteiger charge is 2.17. The lowest BCUT2D eigenvalue weighted by molar-refractivity contribution is 0.0939. The Labute approximate surface area is 143 Å². The summed E-state index contributed by atoms with van der Waals surface area (Å²) in [5.41, 5.74) is 1.77. The van der Waals surface area contributed by atoms with Crippen LogP contribution in [0.3, 0.4) is 0 Å². The molecule has 1 atom stereocenters. The first kappa shape index (κ1) is 18.0. The average molecular weight is 346 g/mol. The van der Waals surface area contributed by atoms with Crippen LogP contribution in [-0.2, 0) is 10.0 Å². The van der Waals surface area contributed by atoms with E-state index in [1.165, 1.54) is 12.1 Å². The molecule has 0 saturated heterocycles. The van der Waals surface area contributed by atoms with Crippen molar-refractivity contribution >= 4 is 21.6 Å². The maximum Gasteiger partial charge on any atom is 0.261 e. The molecule has 0 radical (unpaired) electrons. The third-order valence-electron chi connectivity index (χ3n) is 3.67. The molecule has 6 heteroatoms. The quantitative estimate of drug-likeness (QED) is 0.842. The van der Waals surface area contributed by atoms with Crippen molar-refractivity contribution in [1.29, 1.82) is 0 Å². The van der Waals surface area contributed by atoms with Crippen molar-refractivity contribution in [3.63, 3.8) is 0 Å². The van der Waals surface area contributed by atoms with Crippen LogP contribution in [0.15, 0.2) is 53.4 Å². The lowest BCUT2D eigenvalue weighted by Crippen LogP contribution is -2.32. The van der Waals surface area contributed by atoms with Gasteiger partial charge in [-0.2, -0.15) is 0 Å². The van der Waals surface area contributed by atoms with E-state index in [0.29, 0.717) is 11.3 Å². The van der Waals surface area contributed by atoms with Crippen molar-refractivity contribution in [1.82, 2.24) is 5.32 Å². The molecule has 128 valence electrons. The Balaban J connectivity index is 2.25. The summed E-state index contributed by atoms with van der Waals surface area (Å²) in [5.74, 6) is -0.281. The van der Waals surface area contributed by atoms with E-state index in [0.717, 1.165) is 12.0 Å².